The van der Waals surface area contributed by atoms with E-state index in [1.165, 1.54) is 12.1 Å². The number of nitrogens with two attached hydrogens (primary N) is 1. The van der Waals surface area contributed by atoms with Crippen molar-refractivity contribution in [2.45, 2.75) is 24.9 Å². The summed E-state index contributed by atoms with van der Waals surface area (Å²) in [6.45, 7) is 0. The summed E-state index contributed by atoms with van der Waals surface area (Å²) >= 11 is 32.8. The van der Waals surface area contributed by atoms with Crippen LogP contribution in [0.25, 0.3) is 0 Å². The maximum Gasteiger partial charge on any atom is 0.326 e. The van der Waals surface area contributed by atoms with E-state index in [1.54, 1.807) is 24.3 Å². The van der Waals surface area contributed by atoms with E-state index in [0.717, 1.165) is 18.3 Å². The predicted molar refractivity (Wildman–Crippen MR) is 203 cm³/mol. The van der Waals surface area contributed by atoms with Gasteiger partial charge in [0.2, 0.25) is 0 Å². The molecule has 0 saturated carbocycles. The number of hydrogen-bond acceptors (Lipinski definition) is 5. The van der Waals surface area contributed by atoms with Crippen molar-refractivity contribution in [3.8, 4) is 0 Å². The number of nitrogens with one attached hydrogen (secondary N) is 1. The summed E-state index contributed by atoms with van der Waals surface area (Å²) < 4.78 is 2.18. The molecule has 0 aromatic heterocycles. The number of benzene rings is 4. The van der Waals surface area contributed by atoms with Gasteiger partial charge in [0.25, 0.3) is 11.1 Å². The molecule has 2 atom stereocenters. The van der Waals surface area contributed by atoms with Crippen molar-refractivity contribution in [3.05, 3.63) is 134 Å². The second kappa shape index (κ2) is 20.4. The minimum Gasteiger partial charge on any atom is -0.480 e. The molecule has 47 heavy (non-hydrogen) atoms. The van der Waals surface area contributed by atoms with Gasteiger partial charge in [0.1, 0.15) is 12.1 Å². The van der Waals surface area contributed by atoms with Crippen LogP contribution in [0.3, 0.4) is 0 Å². The molecule has 4 aromatic rings. The molecule has 0 fully saturated rings. The molecule has 248 valence electrons. The third kappa shape index (κ3) is 14.1. The van der Waals surface area contributed by atoms with E-state index in [1.807, 2.05) is 48.5 Å². The molecule has 15 heteroatoms. The van der Waals surface area contributed by atoms with Gasteiger partial charge in [-0.25, -0.2) is 4.79 Å². The Balaban J connectivity index is 0.000000270. The molecule has 0 radical (unpaired) electrons. The van der Waals surface area contributed by atoms with Crippen molar-refractivity contribution in [1.82, 2.24) is 5.32 Å². The summed E-state index contributed by atoms with van der Waals surface area (Å²) in [6.07, 6.45) is 0.548. The fraction of sp³-hybridized carbons (Fsp3) is 0.125. The fourth-order valence-corrected chi connectivity index (χ4v) is 5.81. The highest BCUT2D eigenvalue weighted by Crippen LogP contribution is 2.26. The standard InChI is InChI=1S/C16H12Cl2INO3.C9H10INO2.C7H3Cl3O/c17-11-2-1-3-12(18)14(11)15(21)20-13(16(22)23)8-9-4-6-10(19)7-5-9;10-7-3-1-6(2-4-7)5-8(11)9(12)13;8-4-2-1-3-5(9)6(4)7(10)11/h1-7,13H,8H2,(H,20,21)(H,22,23);1-4,8H,5,11H2,(H,12,13);1-3H/t13-;8-;/m00./s1. The number of rotatable bonds is 9. The zero-order valence-electron chi connectivity index (χ0n) is 23.9. The summed E-state index contributed by atoms with van der Waals surface area (Å²) in [5, 5.41) is 20.6. The van der Waals surface area contributed by atoms with E-state index in [4.69, 9.17) is 68.8 Å². The minimum atomic E-state index is -1.12. The number of carboxylic acid groups (broad SMARTS) is 2. The number of aliphatic carboxylic acids is 2. The largest absolute Gasteiger partial charge is 0.480 e. The highest BCUT2D eigenvalue weighted by atomic mass is 127. The summed E-state index contributed by atoms with van der Waals surface area (Å²) in [5.41, 5.74) is 7.39. The van der Waals surface area contributed by atoms with Crippen LogP contribution in [0.1, 0.15) is 31.8 Å². The zero-order chi connectivity index (χ0) is 35.3. The molecule has 0 bridgehead atoms. The van der Waals surface area contributed by atoms with Gasteiger partial charge < -0.3 is 21.3 Å². The Kier molecular flexibility index (Phi) is 17.8. The second-order valence-corrected chi connectivity index (χ2v) is 13.9. The molecule has 0 unspecified atom stereocenters. The van der Waals surface area contributed by atoms with E-state index in [-0.39, 0.29) is 37.6 Å². The van der Waals surface area contributed by atoms with Gasteiger partial charge in [0.05, 0.1) is 31.2 Å². The lowest BCUT2D eigenvalue weighted by atomic mass is 10.1. The second-order valence-electron chi connectivity index (χ2n) is 9.44. The monoisotopic (exact) mass is 962 g/mol. The van der Waals surface area contributed by atoms with E-state index in [0.29, 0.717) is 6.42 Å². The minimum absolute atomic E-state index is 0.0738. The average molecular weight is 965 g/mol. The first-order valence-electron chi connectivity index (χ1n) is 13.2. The Morgan fingerprint density at radius 2 is 1.02 bits per heavy atom. The Morgan fingerprint density at radius 3 is 1.36 bits per heavy atom. The van der Waals surface area contributed by atoms with Crippen LogP contribution in [0.15, 0.2) is 84.9 Å². The molecule has 4 aromatic carbocycles. The van der Waals surface area contributed by atoms with E-state index in [2.05, 4.69) is 50.5 Å². The van der Waals surface area contributed by atoms with Gasteiger partial charge in [-0.1, -0.05) is 82.8 Å². The predicted octanol–water partition coefficient (Wildman–Crippen LogP) is 8.64. The van der Waals surface area contributed by atoms with Crippen molar-refractivity contribution in [3.63, 3.8) is 0 Å². The summed E-state index contributed by atoms with van der Waals surface area (Å²) in [5.74, 6) is -2.70. The van der Waals surface area contributed by atoms with Crippen LogP contribution in [0, 0.1) is 7.14 Å². The van der Waals surface area contributed by atoms with Gasteiger partial charge in [-0.3, -0.25) is 14.4 Å². The van der Waals surface area contributed by atoms with E-state index >= 15 is 0 Å². The number of halogens is 7. The Morgan fingerprint density at radius 1 is 0.638 bits per heavy atom. The van der Waals surface area contributed by atoms with Crippen LogP contribution in [-0.2, 0) is 22.4 Å². The van der Waals surface area contributed by atoms with E-state index in [9.17, 15) is 24.3 Å². The lowest BCUT2D eigenvalue weighted by Crippen LogP contribution is -2.42. The zero-order valence-corrected chi connectivity index (χ0v) is 32.0. The third-order valence-electron chi connectivity index (χ3n) is 5.99. The van der Waals surface area contributed by atoms with Gasteiger partial charge in [0.15, 0.2) is 0 Å². The topological polar surface area (TPSA) is 147 Å². The summed E-state index contributed by atoms with van der Waals surface area (Å²) in [7, 11) is 0. The summed E-state index contributed by atoms with van der Waals surface area (Å²) in [4.78, 5) is 44.9. The number of carboxylic acids is 2. The molecule has 0 saturated heterocycles. The van der Waals surface area contributed by atoms with Crippen LogP contribution in [0.2, 0.25) is 20.1 Å². The highest BCUT2D eigenvalue weighted by molar-refractivity contribution is 14.1. The first-order valence-corrected chi connectivity index (χ1v) is 17.2. The molecule has 0 aliphatic rings. The van der Waals surface area contributed by atoms with Crippen molar-refractivity contribution in [2.75, 3.05) is 0 Å². The molecule has 0 spiro atoms. The molecule has 0 aliphatic heterocycles. The van der Waals surface area contributed by atoms with Crippen LogP contribution in [0.4, 0.5) is 0 Å². The van der Waals surface area contributed by atoms with Crippen LogP contribution in [-0.4, -0.2) is 45.4 Å². The van der Waals surface area contributed by atoms with Gasteiger partial charge in [0, 0.05) is 13.6 Å². The maximum atomic E-state index is 12.3. The summed E-state index contributed by atoms with van der Waals surface area (Å²) in [6, 6.07) is 22.6. The number of carbonyl (C=O) groups excluding carboxylic acids is 2. The third-order valence-corrected chi connectivity index (χ3v) is 8.88. The van der Waals surface area contributed by atoms with Crippen molar-refractivity contribution in [2.24, 2.45) is 5.73 Å². The van der Waals surface area contributed by atoms with Gasteiger partial charge in [-0.2, -0.15) is 0 Å². The lowest BCUT2D eigenvalue weighted by molar-refractivity contribution is -0.139. The smallest absolute Gasteiger partial charge is 0.326 e. The van der Waals surface area contributed by atoms with Crippen molar-refractivity contribution in [1.29, 1.82) is 0 Å². The SMILES string of the molecule is N[C@@H](Cc1ccc(I)cc1)C(=O)O.O=C(Cl)c1c(Cl)cccc1Cl.O=C(N[C@@H](Cc1ccc(I)cc1)C(=O)O)c1c(Cl)cccc1Cl. The van der Waals surface area contributed by atoms with Crippen LogP contribution >= 0.6 is 103 Å². The molecule has 8 nitrogen and oxygen atoms in total. The van der Waals surface area contributed by atoms with Crippen LogP contribution in [0.5, 0.6) is 0 Å². The van der Waals surface area contributed by atoms with Gasteiger partial charge in [-0.05, 0) is 123 Å². The molecule has 0 aliphatic carbocycles. The van der Waals surface area contributed by atoms with Gasteiger partial charge in [-0.15, -0.1) is 0 Å². The molecule has 1 amide bonds. The molecular formula is C32H25Cl5I2N2O6. The first-order chi connectivity index (χ1) is 22.1. The number of amides is 1. The number of hydrogen-bond donors (Lipinski definition) is 4. The fourth-order valence-electron chi connectivity index (χ4n) is 3.65. The molecule has 4 rings (SSSR count). The normalized spacial score (nSPS) is 11.5. The Labute approximate surface area is 323 Å². The van der Waals surface area contributed by atoms with Gasteiger partial charge >= 0.3 is 11.9 Å². The molecule has 0 heterocycles. The first kappa shape index (κ1) is 41.0. The van der Waals surface area contributed by atoms with Crippen molar-refractivity contribution >= 4 is 126 Å². The van der Waals surface area contributed by atoms with Crippen LogP contribution < -0.4 is 11.1 Å². The average Bonchev–Trinajstić information content (AvgIpc) is 2.99. The molecule has 5 N–H and O–H groups in total. The number of carbonyl (C=O) groups is 4. The highest BCUT2D eigenvalue weighted by Gasteiger charge is 2.23. The molecular weight excluding hydrogens is 939 g/mol. The van der Waals surface area contributed by atoms with E-state index < -0.39 is 35.2 Å². The Hall–Kier alpha value is -2.17. The lowest BCUT2D eigenvalue weighted by Gasteiger charge is -2.16. The van der Waals surface area contributed by atoms with Crippen molar-refractivity contribution < 1.29 is 29.4 Å². The quantitative estimate of drug-likeness (QED) is 0.0971. The Bertz CT molecular complexity index is 1670. The maximum absolute atomic E-state index is 12.3.